The fourth-order valence-corrected chi connectivity index (χ4v) is 4.29. The number of amides is 1. The lowest BCUT2D eigenvalue weighted by Gasteiger charge is -2.22. The molecular formula is C30H30BrClF2N2O4. The van der Waals surface area contributed by atoms with Crippen LogP contribution in [-0.4, -0.2) is 43.1 Å². The van der Waals surface area contributed by atoms with Crippen molar-refractivity contribution < 1.29 is 27.9 Å². The van der Waals surface area contributed by atoms with Crippen molar-refractivity contribution in [2.24, 2.45) is 0 Å². The van der Waals surface area contributed by atoms with Crippen LogP contribution in [0, 0.1) is 0 Å². The van der Waals surface area contributed by atoms with Crippen LogP contribution in [-0.2, 0) is 17.6 Å². The highest BCUT2D eigenvalue weighted by atomic mass is 79.9. The topological polar surface area (TPSA) is 84.5 Å². The van der Waals surface area contributed by atoms with Gasteiger partial charge in [0.15, 0.2) is 11.6 Å². The van der Waals surface area contributed by atoms with Crippen molar-refractivity contribution in [3.63, 3.8) is 0 Å². The summed E-state index contributed by atoms with van der Waals surface area (Å²) < 4.78 is 31.6. The summed E-state index contributed by atoms with van der Waals surface area (Å²) in [4.78, 5) is 38.8. The Kier molecular flexibility index (Phi) is 11.0. The van der Waals surface area contributed by atoms with E-state index in [1.165, 1.54) is 12.1 Å². The molecule has 0 radical (unpaired) electrons. The fourth-order valence-electron chi connectivity index (χ4n) is 3.81. The van der Waals surface area contributed by atoms with Crippen LogP contribution in [0.15, 0.2) is 65.1 Å². The van der Waals surface area contributed by atoms with Gasteiger partial charge in [0.05, 0.1) is 16.1 Å². The number of rotatable bonds is 13. The number of halogens is 4. The van der Waals surface area contributed by atoms with Crippen molar-refractivity contribution >= 4 is 50.7 Å². The van der Waals surface area contributed by atoms with Gasteiger partial charge < -0.3 is 15.4 Å². The smallest absolute Gasteiger partial charge is 0.272 e. The number of carbonyl (C=O) groups is 3. The molecule has 0 unspecified atom stereocenters. The van der Waals surface area contributed by atoms with Gasteiger partial charge in [-0.1, -0.05) is 39.7 Å². The highest BCUT2D eigenvalue weighted by molar-refractivity contribution is 9.10. The van der Waals surface area contributed by atoms with Gasteiger partial charge in [-0.2, -0.15) is 0 Å². The van der Waals surface area contributed by atoms with Gasteiger partial charge in [0.1, 0.15) is 12.4 Å². The molecule has 0 aliphatic rings. The summed E-state index contributed by atoms with van der Waals surface area (Å²) in [6.45, 7) is 2.74. The predicted octanol–water partition coefficient (Wildman–Crippen LogP) is 6.92. The van der Waals surface area contributed by atoms with Crippen LogP contribution in [0.25, 0.3) is 0 Å². The fraction of sp³-hybridized carbons (Fsp3) is 0.300. The van der Waals surface area contributed by atoms with Crippen LogP contribution < -0.4 is 15.4 Å². The summed E-state index contributed by atoms with van der Waals surface area (Å²) in [5, 5.41) is 5.97. The first-order valence-corrected chi connectivity index (χ1v) is 13.7. The number of alkyl halides is 2. The van der Waals surface area contributed by atoms with Gasteiger partial charge in [-0.25, -0.2) is 8.78 Å². The van der Waals surface area contributed by atoms with Gasteiger partial charge in [0, 0.05) is 28.6 Å². The molecule has 3 rings (SSSR count). The number of hydrogen-bond donors (Lipinski definition) is 2. The minimum atomic E-state index is -2.72. The molecule has 0 saturated heterocycles. The van der Waals surface area contributed by atoms with E-state index < -0.39 is 24.5 Å². The Morgan fingerprint density at radius 1 is 0.975 bits per heavy atom. The Bertz CT molecular complexity index is 1380. The summed E-state index contributed by atoms with van der Waals surface area (Å²) in [6.07, 6.45) is -2.08. The maximum absolute atomic E-state index is 13.2. The largest absolute Gasteiger partial charge is 0.487 e. The maximum Gasteiger partial charge on any atom is 0.272 e. The standard InChI is InChI=1S/C30H30BrClF2N2O4/c1-30(2,35-3)27(38)13-6-18-4-11-24(32)22(14-18)25(37)16-19-5-12-26(40-17-28(33)34)23(15-19)29(39)36-21-9-7-20(31)8-10-21/h4-5,7-12,14-15,28,35H,6,13,16-17H2,1-3H3,(H,36,39). The number of hydrogen-bond acceptors (Lipinski definition) is 5. The van der Waals surface area contributed by atoms with Crippen LogP contribution in [0.2, 0.25) is 5.02 Å². The summed E-state index contributed by atoms with van der Waals surface area (Å²) >= 11 is 9.66. The van der Waals surface area contributed by atoms with Crippen molar-refractivity contribution in [3.05, 3.63) is 92.4 Å². The Hall–Kier alpha value is -3.14. The van der Waals surface area contributed by atoms with E-state index in [2.05, 4.69) is 26.6 Å². The molecule has 0 atom stereocenters. The lowest BCUT2D eigenvalue weighted by Crippen LogP contribution is -2.44. The molecule has 10 heteroatoms. The molecule has 0 aliphatic heterocycles. The molecule has 0 saturated carbocycles. The second kappa shape index (κ2) is 14.0. The number of carbonyl (C=O) groups excluding carboxylic acids is 3. The lowest BCUT2D eigenvalue weighted by molar-refractivity contribution is -0.124. The summed E-state index contributed by atoms with van der Waals surface area (Å²) in [7, 11) is 1.73. The Morgan fingerprint density at radius 3 is 2.27 bits per heavy atom. The number of likely N-dealkylation sites (N-methyl/N-ethyl adjacent to an activating group) is 1. The molecular weight excluding hydrogens is 606 g/mol. The van der Waals surface area contributed by atoms with Crippen LogP contribution >= 0.6 is 27.5 Å². The number of ether oxygens (including phenoxy) is 1. The molecule has 2 N–H and O–H groups in total. The molecule has 1 amide bonds. The van der Waals surface area contributed by atoms with Gasteiger partial charge >= 0.3 is 0 Å². The van der Waals surface area contributed by atoms with Gasteiger partial charge in [-0.15, -0.1) is 0 Å². The highest BCUT2D eigenvalue weighted by Crippen LogP contribution is 2.26. The first kappa shape index (κ1) is 31.4. The van der Waals surface area contributed by atoms with Crippen LogP contribution in [0.1, 0.15) is 52.1 Å². The monoisotopic (exact) mass is 634 g/mol. The summed E-state index contributed by atoms with van der Waals surface area (Å²) in [6, 6.07) is 16.3. The molecule has 6 nitrogen and oxygen atoms in total. The summed E-state index contributed by atoms with van der Waals surface area (Å²) in [5.41, 5.74) is 1.41. The van der Waals surface area contributed by atoms with E-state index in [0.29, 0.717) is 29.7 Å². The number of benzene rings is 3. The van der Waals surface area contributed by atoms with Gasteiger partial charge in [-0.3, -0.25) is 14.4 Å². The van der Waals surface area contributed by atoms with E-state index in [1.807, 2.05) is 13.8 Å². The molecule has 0 heterocycles. The summed E-state index contributed by atoms with van der Waals surface area (Å²) in [5.74, 6) is -0.856. The van der Waals surface area contributed by atoms with E-state index in [0.717, 1.165) is 10.0 Å². The molecule has 0 bridgehead atoms. The van der Waals surface area contributed by atoms with E-state index in [-0.39, 0.29) is 34.3 Å². The molecule has 3 aromatic rings. The number of anilines is 1. The molecule has 0 fully saturated rings. The molecule has 0 aliphatic carbocycles. The number of aryl methyl sites for hydroxylation is 1. The first-order chi connectivity index (χ1) is 18.9. The second-order valence-electron chi connectivity index (χ2n) is 9.71. The number of nitrogens with one attached hydrogen (secondary N) is 2. The Labute approximate surface area is 245 Å². The SMILES string of the molecule is CNC(C)(C)C(=O)CCc1ccc(Cl)c(C(=O)Cc2ccc(OCC(F)F)c(C(=O)Nc3ccc(Br)cc3)c2)c1. The van der Waals surface area contributed by atoms with E-state index in [4.69, 9.17) is 16.3 Å². The Balaban J connectivity index is 1.81. The normalized spacial score (nSPS) is 11.4. The molecule has 0 spiro atoms. The quantitative estimate of drug-likeness (QED) is 0.199. The Morgan fingerprint density at radius 2 is 1.62 bits per heavy atom. The third kappa shape index (κ3) is 8.68. The average Bonchev–Trinajstić information content (AvgIpc) is 2.92. The van der Waals surface area contributed by atoms with Crippen LogP contribution in [0.5, 0.6) is 5.75 Å². The van der Waals surface area contributed by atoms with Crippen molar-refractivity contribution in [1.29, 1.82) is 0 Å². The molecule has 0 aromatic heterocycles. The number of Topliss-reactive ketones (excluding diaryl/α,β-unsaturated/α-hetero) is 2. The zero-order valence-electron chi connectivity index (χ0n) is 22.3. The van der Waals surface area contributed by atoms with Gasteiger partial charge in [0.25, 0.3) is 12.3 Å². The zero-order valence-corrected chi connectivity index (χ0v) is 24.7. The van der Waals surface area contributed by atoms with E-state index >= 15 is 0 Å². The lowest BCUT2D eigenvalue weighted by atomic mass is 9.93. The third-order valence-corrected chi connectivity index (χ3v) is 7.27. The van der Waals surface area contributed by atoms with Crippen molar-refractivity contribution in [2.75, 3.05) is 19.0 Å². The molecule has 40 heavy (non-hydrogen) atoms. The molecule has 212 valence electrons. The highest BCUT2D eigenvalue weighted by Gasteiger charge is 2.24. The first-order valence-electron chi connectivity index (χ1n) is 12.5. The zero-order chi connectivity index (χ0) is 29.4. The van der Waals surface area contributed by atoms with E-state index in [1.54, 1.807) is 55.6 Å². The maximum atomic E-state index is 13.2. The second-order valence-corrected chi connectivity index (χ2v) is 11.0. The van der Waals surface area contributed by atoms with Gasteiger partial charge in [0.2, 0.25) is 0 Å². The molecule has 3 aromatic carbocycles. The van der Waals surface area contributed by atoms with Crippen LogP contribution in [0.3, 0.4) is 0 Å². The minimum absolute atomic E-state index is 0.0133. The number of ketones is 2. The van der Waals surface area contributed by atoms with Crippen LogP contribution in [0.4, 0.5) is 14.5 Å². The van der Waals surface area contributed by atoms with Gasteiger partial charge in [-0.05, 0) is 87.0 Å². The third-order valence-electron chi connectivity index (χ3n) is 6.41. The van der Waals surface area contributed by atoms with Crippen molar-refractivity contribution in [1.82, 2.24) is 5.32 Å². The average molecular weight is 636 g/mol. The predicted molar refractivity (Wildman–Crippen MR) is 156 cm³/mol. The minimum Gasteiger partial charge on any atom is -0.487 e. The van der Waals surface area contributed by atoms with Crippen molar-refractivity contribution in [2.45, 2.75) is 45.1 Å². The van der Waals surface area contributed by atoms with E-state index in [9.17, 15) is 23.2 Å². The van der Waals surface area contributed by atoms with Crippen molar-refractivity contribution in [3.8, 4) is 5.75 Å².